The third kappa shape index (κ3) is 10.4. The van der Waals surface area contributed by atoms with Gasteiger partial charge < -0.3 is 57.6 Å². The largest absolute Gasteiger partial charge is 0.481 e. The number of H-pyrrole nitrogens is 2. The van der Waals surface area contributed by atoms with Crippen molar-refractivity contribution in [3.63, 3.8) is 0 Å². The zero-order chi connectivity index (χ0) is 38.8. The molecule has 0 bridgehead atoms. The molecule has 5 amide bonds. The zero-order valence-corrected chi connectivity index (χ0v) is 28.8. The van der Waals surface area contributed by atoms with E-state index in [1.165, 1.54) is 13.8 Å². The first-order valence-corrected chi connectivity index (χ1v) is 16.6. The van der Waals surface area contributed by atoms with Crippen LogP contribution >= 0.6 is 0 Å². The van der Waals surface area contributed by atoms with E-state index in [2.05, 4.69) is 36.6 Å². The predicted molar refractivity (Wildman–Crippen MR) is 190 cm³/mol. The number of carbonyl (C=O) groups is 7. The van der Waals surface area contributed by atoms with E-state index < -0.39 is 90.8 Å². The van der Waals surface area contributed by atoms with Crippen LogP contribution < -0.4 is 32.3 Å². The van der Waals surface area contributed by atoms with Crippen molar-refractivity contribution in [1.82, 2.24) is 36.6 Å². The number of hydrogen-bond acceptors (Lipinski definition) is 9. The lowest BCUT2D eigenvalue weighted by Gasteiger charge is -2.26. The van der Waals surface area contributed by atoms with Crippen molar-refractivity contribution in [2.75, 3.05) is 6.61 Å². The number of aliphatic carboxylic acids is 2. The third-order valence-electron chi connectivity index (χ3n) is 8.43. The van der Waals surface area contributed by atoms with Gasteiger partial charge in [-0.05, 0) is 37.1 Å². The van der Waals surface area contributed by atoms with E-state index in [4.69, 9.17) is 5.73 Å². The summed E-state index contributed by atoms with van der Waals surface area (Å²) in [4.78, 5) is 95.5. The maximum Gasteiger partial charge on any atom is 0.325 e. The zero-order valence-electron chi connectivity index (χ0n) is 28.8. The van der Waals surface area contributed by atoms with Crippen LogP contribution in [-0.2, 0) is 46.4 Å². The highest BCUT2D eigenvalue weighted by Crippen LogP contribution is 2.21. The van der Waals surface area contributed by atoms with Gasteiger partial charge in [0.1, 0.15) is 30.2 Å². The van der Waals surface area contributed by atoms with E-state index in [-0.39, 0.29) is 12.8 Å². The highest BCUT2D eigenvalue weighted by molar-refractivity contribution is 5.98. The Morgan fingerprint density at radius 1 is 0.623 bits per heavy atom. The second-order valence-electron chi connectivity index (χ2n) is 12.5. The molecule has 0 radical (unpaired) electrons. The van der Waals surface area contributed by atoms with Crippen molar-refractivity contribution in [3.8, 4) is 0 Å². The fourth-order valence-corrected chi connectivity index (χ4v) is 5.53. The molecule has 2 heterocycles. The molecule has 18 nitrogen and oxygen atoms in total. The predicted octanol–water partition coefficient (Wildman–Crippen LogP) is -1.22. The summed E-state index contributed by atoms with van der Waals surface area (Å²) < 4.78 is 0. The van der Waals surface area contributed by atoms with E-state index in [1.807, 2.05) is 0 Å². The van der Waals surface area contributed by atoms with Crippen LogP contribution in [0.25, 0.3) is 21.8 Å². The molecular weight excluding hydrogens is 692 g/mol. The smallest absolute Gasteiger partial charge is 0.325 e. The molecule has 0 aliphatic rings. The molecule has 4 rings (SSSR count). The summed E-state index contributed by atoms with van der Waals surface area (Å²) in [7, 11) is 0. The SMILES string of the molecule is C[C@H](N)C(=O)N[C@@H](CC(=O)O)C(=O)N[C@@H](Cc1c[nH]c2ccccc12)C(=O)N[C@@H](CO)C(=O)N[C@@H](Cc1c[nH]c2ccccc12)C(=O)N[C@@H](C)C(=O)O. The molecule has 53 heavy (non-hydrogen) atoms. The number of para-hydroxylation sites is 2. The van der Waals surface area contributed by atoms with Gasteiger partial charge in [0, 0.05) is 47.0 Å². The minimum absolute atomic E-state index is 0.0998. The van der Waals surface area contributed by atoms with Crippen LogP contribution in [0.5, 0.6) is 0 Å². The van der Waals surface area contributed by atoms with Crippen LogP contribution in [0.4, 0.5) is 0 Å². The van der Waals surface area contributed by atoms with Crippen molar-refractivity contribution in [3.05, 3.63) is 72.1 Å². The number of rotatable bonds is 18. The normalized spacial score (nSPS) is 14.6. The molecule has 4 aromatic rings. The Labute approximate surface area is 302 Å². The second kappa shape index (κ2) is 17.8. The fourth-order valence-electron chi connectivity index (χ4n) is 5.53. The number of carbonyl (C=O) groups excluding carboxylic acids is 5. The molecule has 12 N–H and O–H groups in total. The Hall–Kier alpha value is -6.27. The number of aromatic nitrogens is 2. The number of aliphatic hydroxyl groups excluding tert-OH is 1. The molecule has 0 saturated carbocycles. The number of carboxylic acid groups (broad SMARTS) is 2. The molecule has 2 aromatic carbocycles. The van der Waals surface area contributed by atoms with Gasteiger partial charge >= 0.3 is 11.9 Å². The molecule has 18 heteroatoms. The molecule has 2 aromatic heterocycles. The molecule has 282 valence electrons. The van der Waals surface area contributed by atoms with Crippen molar-refractivity contribution >= 4 is 63.3 Å². The van der Waals surface area contributed by atoms with Gasteiger partial charge in [-0.15, -0.1) is 0 Å². The summed E-state index contributed by atoms with van der Waals surface area (Å²) in [5.74, 6) is -7.41. The number of nitrogens with two attached hydrogens (primary N) is 1. The Balaban J connectivity index is 1.58. The van der Waals surface area contributed by atoms with Crippen LogP contribution in [0, 0.1) is 0 Å². The molecule has 0 aliphatic heterocycles. The van der Waals surface area contributed by atoms with E-state index in [9.17, 15) is 48.9 Å². The maximum atomic E-state index is 13.8. The monoisotopic (exact) mass is 734 g/mol. The molecule has 0 spiro atoms. The average molecular weight is 735 g/mol. The van der Waals surface area contributed by atoms with E-state index in [0.29, 0.717) is 22.0 Å². The number of amides is 5. The van der Waals surface area contributed by atoms with Crippen LogP contribution in [0.1, 0.15) is 31.4 Å². The average Bonchev–Trinajstić information content (AvgIpc) is 3.72. The van der Waals surface area contributed by atoms with Gasteiger partial charge in [-0.2, -0.15) is 0 Å². The van der Waals surface area contributed by atoms with Crippen molar-refractivity contribution in [1.29, 1.82) is 0 Å². The van der Waals surface area contributed by atoms with Crippen LogP contribution in [0.3, 0.4) is 0 Å². The number of fused-ring (bicyclic) bond motifs is 2. The lowest BCUT2D eigenvalue weighted by Crippen LogP contribution is -2.60. The van der Waals surface area contributed by atoms with Crippen molar-refractivity contribution in [2.45, 2.75) is 69.4 Å². The Morgan fingerprint density at radius 3 is 1.49 bits per heavy atom. The summed E-state index contributed by atoms with van der Waals surface area (Å²) in [6.07, 6.45) is 2.12. The Kier molecular flexibility index (Phi) is 13.3. The topological polar surface area (TPSA) is 298 Å². The number of aromatic amines is 2. The minimum atomic E-state index is -1.67. The maximum absolute atomic E-state index is 13.8. The highest BCUT2D eigenvalue weighted by Gasteiger charge is 2.33. The van der Waals surface area contributed by atoms with Gasteiger partial charge in [0.05, 0.1) is 19.1 Å². The highest BCUT2D eigenvalue weighted by atomic mass is 16.4. The number of benzene rings is 2. The quantitative estimate of drug-likeness (QED) is 0.0576. The fraction of sp³-hybridized carbons (Fsp3) is 0.343. The van der Waals surface area contributed by atoms with E-state index in [1.54, 1.807) is 60.9 Å². The third-order valence-corrected chi connectivity index (χ3v) is 8.43. The molecule has 0 saturated heterocycles. The van der Waals surface area contributed by atoms with Crippen molar-refractivity contribution in [2.24, 2.45) is 5.73 Å². The molecule has 0 unspecified atom stereocenters. The van der Waals surface area contributed by atoms with Gasteiger partial charge in [-0.25, -0.2) is 0 Å². The van der Waals surface area contributed by atoms with Gasteiger partial charge in [-0.1, -0.05) is 36.4 Å². The van der Waals surface area contributed by atoms with Crippen molar-refractivity contribution < 1.29 is 48.9 Å². The molecular formula is C35H42N8O10. The first-order chi connectivity index (χ1) is 25.2. The first kappa shape index (κ1) is 39.5. The summed E-state index contributed by atoms with van der Waals surface area (Å²) in [5, 5.41) is 42.3. The van der Waals surface area contributed by atoms with E-state index in [0.717, 1.165) is 10.9 Å². The standard InChI is InChI=1S/C35H42N8O10/c1-17(36)30(47)40-27(13-29(45)46)33(50)41-26(12-20-15-38-24-10-6-4-8-22(20)24)32(49)43-28(16-44)34(51)42-25(31(48)39-18(2)35(52)53)11-19-14-37-23-9-5-3-7-21(19)23/h3-10,14-15,17-18,25-28,37-38,44H,11-13,16,36H2,1-2H3,(H,39,48)(H,40,47)(H,41,50)(H,42,51)(H,43,49)(H,45,46)(H,52,53)/t17-,18-,25-,26-,27-,28-/m0/s1. The number of carboxylic acids is 2. The Bertz CT molecular complexity index is 1990. The number of nitrogens with one attached hydrogen (secondary N) is 7. The summed E-state index contributed by atoms with van der Waals surface area (Å²) in [6.45, 7) is 1.62. The summed E-state index contributed by atoms with van der Waals surface area (Å²) >= 11 is 0. The lowest BCUT2D eigenvalue weighted by atomic mass is 10.0. The molecule has 0 fully saturated rings. The van der Waals surface area contributed by atoms with Gasteiger partial charge in [0.15, 0.2) is 0 Å². The number of hydrogen-bond donors (Lipinski definition) is 11. The lowest BCUT2D eigenvalue weighted by molar-refractivity contribution is -0.142. The van der Waals surface area contributed by atoms with Crippen LogP contribution in [0.15, 0.2) is 60.9 Å². The molecule has 0 aliphatic carbocycles. The van der Waals surface area contributed by atoms with Gasteiger partial charge in [0.2, 0.25) is 29.5 Å². The van der Waals surface area contributed by atoms with Crippen LogP contribution in [-0.4, -0.2) is 110 Å². The Morgan fingerprint density at radius 2 is 1.04 bits per heavy atom. The van der Waals surface area contributed by atoms with Gasteiger partial charge in [-0.3, -0.25) is 33.6 Å². The number of aliphatic hydroxyl groups is 1. The minimum Gasteiger partial charge on any atom is -0.481 e. The van der Waals surface area contributed by atoms with Crippen LogP contribution in [0.2, 0.25) is 0 Å². The van der Waals surface area contributed by atoms with Gasteiger partial charge in [0.25, 0.3) is 0 Å². The second-order valence-corrected chi connectivity index (χ2v) is 12.5. The summed E-state index contributed by atoms with van der Waals surface area (Å²) in [6, 6.07) is 5.73. The van der Waals surface area contributed by atoms with E-state index >= 15 is 0 Å². The molecule has 6 atom stereocenters. The summed E-state index contributed by atoms with van der Waals surface area (Å²) in [5.41, 5.74) is 8.22. The first-order valence-electron chi connectivity index (χ1n) is 16.6.